The van der Waals surface area contributed by atoms with Crippen molar-refractivity contribution < 1.29 is 9.90 Å². The van der Waals surface area contributed by atoms with Crippen LogP contribution in [0.4, 0.5) is 4.79 Å². The fourth-order valence-electron chi connectivity index (χ4n) is 1.27. The van der Waals surface area contributed by atoms with Crippen molar-refractivity contribution in [2.45, 2.75) is 6.54 Å². The lowest BCUT2D eigenvalue weighted by molar-refractivity contribution is 0.174. The summed E-state index contributed by atoms with van der Waals surface area (Å²) in [6.45, 7) is 0.614. The van der Waals surface area contributed by atoms with Crippen LogP contribution in [0.15, 0.2) is 30.3 Å². The van der Waals surface area contributed by atoms with Crippen LogP contribution in [-0.4, -0.2) is 29.2 Å². The number of aliphatic hydroxyl groups excluding tert-OH is 1. The van der Waals surface area contributed by atoms with E-state index in [0.717, 1.165) is 5.56 Å². The number of nitrogens with two attached hydrogens (primary N) is 1. The molecule has 0 saturated carbocycles. The second kappa shape index (κ2) is 6.00. The zero-order valence-electron chi connectivity index (χ0n) is 8.39. The Labute approximate surface area is 88.5 Å². The summed E-state index contributed by atoms with van der Waals surface area (Å²) in [7, 11) is 0. The number of nitrogens with zero attached hydrogens (tertiary/aromatic N) is 1. The molecule has 5 heteroatoms. The maximum Gasteiger partial charge on any atom is 0.331 e. The number of carbonyl (C=O) groups excluding carboxylic acids is 1. The van der Waals surface area contributed by atoms with Gasteiger partial charge in [-0.15, -0.1) is 0 Å². The SMILES string of the molecule is NNC(=O)N(CCO)Cc1ccccc1. The van der Waals surface area contributed by atoms with Crippen molar-refractivity contribution >= 4 is 6.03 Å². The van der Waals surface area contributed by atoms with Gasteiger partial charge in [-0.2, -0.15) is 0 Å². The summed E-state index contributed by atoms with van der Waals surface area (Å²) in [5.41, 5.74) is 3.04. The first-order valence-corrected chi connectivity index (χ1v) is 4.68. The molecule has 0 spiro atoms. The van der Waals surface area contributed by atoms with E-state index in [1.807, 2.05) is 35.8 Å². The van der Waals surface area contributed by atoms with Crippen molar-refractivity contribution in [2.24, 2.45) is 5.84 Å². The highest BCUT2D eigenvalue weighted by Gasteiger charge is 2.11. The number of hydrogen-bond donors (Lipinski definition) is 3. The van der Waals surface area contributed by atoms with Crippen LogP contribution in [0.2, 0.25) is 0 Å². The lowest BCUT2D eigenvalue weighted by Gasteiger charge is -2.20. The van der Waals surface area contributed by atoms with Gasteiger partial charge in [-0.05, 0) is 5.56 Å². The number of rotatable bonds is 4. The molecule has 0 bridgehead atoms. The van der Waals surface area contributed by atoms with Crippen LogP contribution >= 0.6 is 0 Å². The van der Waals surface area contributed by atoms with Crippen molar-refractivity contribution in [1.82, 2.24) is 10.3 Å². The number of aliphatic hydroxyl groups is 1. The zero-order chi connectivity index (χ0) is 11.1. The Bertz CT molecular complexity index is 303. The lowest BCUT2D eigenvalue weighted by Crippen LogP contribution is -2.44. The normalized spacial score (nSPS) is 9.73. The van der Waals surface area contributed by atoms with Crippen LogP contribution in [0, 0.1) is 0 Å². The molecule has 1 aromatic rings. The zero-order valence-corrected chi connectivity index (χ0v) is 8.39. The minimum absolute atomic E-state index is 0.0831. The molecule has 0 heterocycles. The third-order valence-corrected chi connectivity index (χ3v) is 2.00. The summed E-state index contributed by atoms with van der Waals surface area (Å²) >= 11 is 0. The highest BCUT2D eigenvalue weighted by Crippen LogP contribution is 2.03. The van der Waals surface area contributed by atoms with Crippen LogP contribution in [0.5, 0.6) is 0 Å². The second-order valence-electron chi connectivity index (χ2n) is 3.08. The van der Waals surface area contributed by atoms with E-state index in [9.17, 15) is 4.79 Å². The van der Waals surface area contributed by atoms with Gasteiger partial charge in [-0.1, -0.05) is 30.3 Å². The van der Waals surface area contributed by atoms with E-state index in [-0.39, 0.29) is 13.2 Å². The topological polar surface area (TPSA) is 78.6 Å². The van der Waals surface area contributed by atoms with Crippen molar-refractivity contribution in [3.8, 4) is 0 Å². The predicted octanol–water partition coefficient (Wildman–Crippen LogP) is 0.0642. The number of hydrazine groups is 1. The Kier molecular flexibility index (Phi) is 4.59. The molecule has 0 aliphatic rings. The number of nitrogens with one attached hydrogen (secondary N) is 1. The second-order valence-corrected chi connectivity index (χ2v) is 3.08. The molecule has 0 fully saturated rings. The quantitative estimate of drug-likeness (QED) is 0.373. The molecule has 5 nitrogen and oxygen atoms in total. The largest absolute Gasteiger partial charge is 0.395 e. The van der Waals surface area contributed by atoms with E-state index in [1.165, 1.54) is 4.90 Å². The molecular formula is C10H15N3O2. The fourth-order valence-corrected chi connectivity index (χ4v) is 1.27. The van der Waals surface area contributed by atoms with E-state index in [4.69, 9.17) is 10.9 Å². The molecule has 0 radical (unpaired) electrons. The van der Waals surface area contributed by atoms with Gasteiger partial charge < -0.3 is 10.0 Å². The Hall–Kier alpha value is -1.59. The molecule has 0 aromatic heterocycles. The van der Waals surface area contributed by atoms with Gasteiger partial charge in [-0.25, -0.2) is 10.6 Å². The van der Waals surface area contributed by atoms with Gasteiger partial charge >= 0.3 is 6.03 Å². The summed E-state index contributed by atoms with van der Waals surface area (Å²) in [5, 5.41) is 8.80. The monoisotopic (exact) mass is 209 g/mol. The molecular weight excluding hydrogens is 194 g/mol. The molecule has 0 unspecified atom stereocenters. The molecule has 15 heavy (non-hydrogen) atoms. The first-order chi connectivity index (χ1) is 7.27. The van der Waals surface area contributed by atoms with Gasteiger partial charge in [0.1, 0.15) is 0 Å². The predicted molar refractivity (Wildman–Crippen MR) is 56.7 cm³/mol. The van der Waals surface area contributed by atoms with E-state index in [1.54, 1.807) is 0 Å². The molecule has 0 aliphatic carbocycles. The average molecular weight is 209 g/mol. The Morgan fingerprint density at radius 2 is 2.07 bits per heavy atom. The third kappa shape index (κ3) is 3.57. The molecule has 0 aliphatic heterocycles. The highest BCUT2D eigenvalue weighted by molar-refractivity contribution is 5.73. The molecule has 1 rings (SSSR count). The molecule has 2 amide bonds. The number of hydrogen-bond acceptors (Lipinski definition) is 3. The standard InChI is InChI=1S/C10H15N3O2/c11-12-10(15)13(6-7-14)8-9-4-2-1-3-5-9/h1-5,14H,6-8,11H2,(H,12,15). The summed E-state index contributed by atoms with van der Waals surface area (Å²) in [6, 6.07) is 9.12. The number of urea groups is 1. The minimum atomic E-state index is -0.395. The molecule has 0 atom stereocenters. The van der Waals surface area contributed by atoms with E-state index in [2.05, 4.69) is 0 Å². The number of carbonyl (C=O) groups is 1. The lowest BCUT2D eigenvalue weighted by atomic mass is 10.2. The third-order valence-electron chi connectivity index (χ3n) is 2.00. The van der Waals surface area contributed by atoms with E-state index in [0.29, 0.717) is 6.54 Å². The van der Waals surface area contributed by atoms with Gasteiger partial charge in [0, 0.05) is 13.1 Å². The smallest absolute Gasteiger partial charge is 0.331 e. The van der Waals surface area contributed by atoms with E-state index < -0.39 is 6.03 Å². The molecule has 82 valence electrons. The maximum absolute atomic E-state index is 11.3. The summed E-state index contributed by atoms with van der Waals surface area (Å²) < 4.78 is 0. The Morgan fingerprint density at radius 1 is 1.40 bits per heavy atom. The summed E-state index contributed by atoms with van der Waals surface area (Å²) in [4.78, 5) is 12.7. The van der Waals surface area contributed by atoms with Gasteiger partial charge in [-0.3, -0.25) is 5.43 Å². The number of benzene rings is 1. The van der Waals surface area contributed by atoms with Crippen molar-refractivity contribution in [1.29, 1.82) is 0 Å². The van der Waals surface area contributed by atoms with Crippen LogP contribution in [-0.2, 0) is 6.54 Å². The van der Waals surface area contributed by atoms with Crippen LogP contribution in [0.3, 0.4) is 0 Å². The molecule has 1 aromatic carbocycles. The van der Waals surface area contributed by atoms with Crippen LogP contribution < -0.4 is 11.3 Å². The van der Waals surface area contributed by atoms with Gasteiger partial charge in [0.25, 0.3) is 0 Å². The molecule has 4 N–H and O–H groups in total. The number of amides is 2. The van der Waals surface area contributed by atoms with Crippen LogP contribution in [0.25, 0.3) is 0 Å². The fraction of sp³-hybridized carbons (Fsp3) is 0.300. The summed E-state index contributed by atoms with van der Waals surface area (Å²) in [5.74, 6) is 5.03. The summed E-state index contributed by atoms with van der Waals surface area (Å²) in [6.07, 6.45) is 0. The Morgan fingerprint density at radius 3 is 2.60 bits per heavy atom. The maximum atomic E-state index is 11.3. The Balaban J connectivity index is 2.62. The first-order valence-electron chi connectivity index (χ1n) is 4.68. The minimum Gasteiger partial charge on any atom is -0.395 e. The average Bonchev–Trinajstić information content (AvgIpc) is 2.29. The van der Waals surface area contributed by atoms with Crippen molar-refractivity contribution in [3.63, 3.8) is 0 Å². The van der Waals surface area contributed by atoms with E-state index >= 15 is 0 Å². The van der Waals surface area contributed by atoms with Crippen LogP contribution in [0.1, 0.15) is 5.56 Å². The van der Waals surface area contributed by atoms with Crippen molar-refractivity contribution in [2.75, 3.05) is 13.2 Å². The van der Waals surface area contributed by atoms with Crippen molar-refractivity contribution in [3.05, 3.63) is 35.9 Å². The molecule has 0 saturated heterocycles. The highest BCUT2D eigenvalue weighted by atomic mass is 16.3. The van der Waals surface area contributed by atoms with Gasteiger partial charge in [0.05, 0.1) is 6.61 Å². The van der Waals surface area contributed by atoms with Gasteiger partial charge in [0.2, 0.25) is 0 Å². The van der Waals surface area contributed by atoms with Gasteiger partial charge in [0.15, 0.2) is 0 Å². The first kappa shape index (κ1) is 11.5.